The Morgan fingerprint density at radius 3 is 2.28 bits per heavy atom. The van der Waals surface area contributed by atoms with E-state index in [9.17, 15) is 14.7 Å². The summed E-state index contributed by atoms with van der Waals surface area (Å²) in [7, 11) is 0. The van der Waals surface area contributed by atoms with Crippen LogP contribution in [0.5, 0.6) is 0 Å². The monoisotopic (exact) mass is 344 g/mol. The fraction of sp³-hybridized carbons (Fsp3) is 0.368. The molecule has 6 nitrogen and oxygen atoms in total. The Balaban J connectivity index is 1.95. The van der Waals surface area contributed by atoms with Crippen LogP contribution in [-0.2, 0) is 0 Å². The van der Waals surface area contributed by atoms with Crippen molar-refractivity contribution in [1.29, 1.82) is 0 Å². The van der Waals surface area contributed by atoms with Crippen LogP contribution in [0.3, 0.4) is 0 Å². The Morgan fingerprint density at radius 2 is 1.76 bits per heavy atom. The second kappa shape index (κ2) is 8.48. The van der Waals surface area contributed by atoms with Gasteiger partial charge < -0.3 is 20.2 Å². The molecule has 2 rings (SSSR count). The van der Waals surface area contributed by atoms with Gasteiger partial charge in [-0.1, -0.05) is 13.8 Å². The first-order valence-electron chi connectivity index (χ1n) is 8.37. The molecule has 0 aliphatic carbocycles. The molecule has 1 heterocycles. The van der Waals surface area contributed by atoms with Crippen molar-refractivity contribution in [3.63, 3.8) is 0 Å². The summed E-state index contributed by atoms with van der Waals surface area (Å²) >= 11 is 0. The number of carbonyl (C=O) groups excluding carboxylic acids is 2. The molecule has 2 amide bonds. The predicted octanol–water partition coefficient (Wildman–Crippen LogP) is 3.06. The third-order valence-corrected chi connectivity index (χ3v) is 4.61. The Bertz CT molecular complexity index is 680. The fourth-order valence-corrected chi connectivity index (χ4v) is 2.45. The highest BCUT2D eigenvalue weighted by Crippen LogP contribution is 2.24. The van der Waals surface area contributed by atoms with Crippen LogP contribution in [0.1, 0.15) is 47.6 Å². The molecule has 0 unspecified atom stereocenters. The predicted molar refractivity (Wildman–Crippen MR) is 95.5 cm³/mol. The lowest BCUT2D eigenvalue weighted by Crippen LogP contribution is -2.39. The van der Waals surface area contributed by atoms with Crippen molar-refractivity contribution in [1.82, 2.24) is 5.32 Å². The first-order valence-corrected chi connectivity index (χ1v) is 8.37. The summed E-state index contributed by atoms with van der Waals surface area (Å²) < 4.78 is 5.03. The molecule has 0 fully saturated rings. The molecular formula is C19H24N2O4. The van der Waals surface area contributed by atoms with Gasteiger partial charge in [-0.25, -0.2) is 0 Å². The maximum Gasteiger partial charge on any atom is 0.291 e. The van der Waals surface area contributed by atoms with Crippen molar-refractivity contribution < 1.29 is 19.1 Å². The Hall–Kier alpha value is -2.60. The minimum Gasteiger partial charge on any atom is -0.459 e. The number of amides is 2. The van der Waals surface area contributed by atoms with Crippen molar-refractivity contribution in [2.24, 2.45) is 5.41 Å². The zero-order chi connectivity index (χ0) is 18.3. The number of aliphatic hydroxyl groups excluding tert-OH is 1. The van der Waals surface area contributed by atoms with Gasteiger partial charge in [0.15, 0.2) is 5.76 Å². The SMILES string of the molecule is CCC(CC)(CO)CNC(=O)c1ccc(NC(=O)c2ccco2)cc1. The van der Waals surface area contributed by atoms with E-state index < -0.39 is 0 Å². The van der Waals surface area contributed by atoms with Crippen molar-refractivity contribution in [3.8, 4) is 0 Å². The number of hydrogen-bond donors (Lipinski definition) is 3. The van der Waals surface area contributed by atoms with Crippen molar-refractivity contribution in [2.45, 2.75) is 26.7 Å². The van der Waals surface area contributed by atoms with E-state index in [1.54, 1.807) is 36.4 Å². The van der Waals surface area contributed by atoms with E-state index in [0.29, 0.717) is 17.8 Å². The largest absolute Gasteiger partial charge is 0.459 e. The minimum absolute atomic E-state index is 0.0397. The molecule has 0 aliphatic rings. The molecule has 134 valence electrons. The normalized spacial score (nSPS) is 11.2. The van der Waals surface area contributed by atoms with Gasteiger partial charge in [0.2, 0.25) is 0 Å². The summed E-state index contributed by atoms with van der Waals surface area (Å²) in [5, 5.41) is 15.1. The van der Waals surface area contributed by atoms with E-state index in [4.69, 9.17) is 4.42 Å². The van der Waals surface area contributed by atoms with Gasteiger partial charge in [0.1, 0.15) is 0 Å². The lowest BCUT2D eigenvalue weighted by atomic mass is 9.83. The van der Waals surface area contributed by atoms with Crippen LogP contribution >= 0.6 is 0 Å². The molecule has 0 bridgehead atoms. The molecule has 2 aromatic rings. The summed E-state index contributed by atoms with van der Waals surface area (Å²) in [5.41, 5.74) is 0.784. The van der Waals surface area contributed by atoms with Gasteiger partial charge >= 0.3 is 0 Å². The fourth-order valence-electron chi connectivity index (χ4n) is 2.45. The molecular weight excluding hydrogens is 320 g/mol. The van der Waals surface area contributed by atoms with Gasteiger partial charge in [0.25, 0.3) is 11.8 Å². The quantitative estimate of drug-likeness (QED) is 0.686. The van der Waals surface area contributed by atoms with E-state index >= 15 is 0 Å². The molecule has 6 heteroatoms. The van der Waals surface area contributed by atoms with Crippen LogP contribution in [0.4, 0.5) is 5.69 Å². The Labute approximate surface area is 147 Å². The maximum absolute atomic E-state index is 12.3. The molecule has 1 aromatic carbocycles. The van der Waals surface area contributed by atoms with Gasteiger partial charge in [0.05, 0.1) is 12.9 Å². The van der Waals surface area contributed by atoms with Gasteiger partial charge in [-0.15, -0.1) is 0 Å². The highest BCUT2D eigenvalue weighted by Gasteiger charge is 2.25. The third-order valence-electron chi connectivity index (χ3n) is 4.61. The Morgan fingerprint density at radius 1 is 1.08 bits per heavy atom. The summed E-state index contributed by atoms with van der Waals surface area (Å²) in [6.45, 7) is 4.47. The molecule has 0 radical (unpaired) electrons. The zero-order valence-electron chi connectivity index (χ0n) is 14.5. The number of benzene rings is 1. The highest BCUT2D eigenvalue weighted by molar-refractivity contribution is 6.02. The molecule has 25 heavy (non-hydrogen) atoms. The minimum atomic E-state index is -0.346. The number of anilines is 1. The van der Waals surface area contributed by atoms with Crippen molar-refractivity contribution in [3.05, 3.63) is 54.0 Å². The average Bonchev–Trinajstić information content (AvgIpc) is 3.18. The highest BCUT2D eigenvalue weighted by atomic mass is 16.3. The molecule has 0 saturated carbocycles. The second-order valence-corrected chi connectivity index (χ2v) is 6.06. The number of furan rings is 1. The summed E-state index contributed by atoms with van der Waals surface area (Å²) in [6, 6.07) is 9.83. The second-order valence-electron chi connectivity index (χ2n) is 6.06. The standard InChI is InChI=1S/C19H24N2O4/c1-3-19(4-2,13-22)12-20-17(23)14-7-9-15(10-8-14)21-18(24)16-6-5-11-25-16/h5-11,22H,3-4,12-13H2,1-2H3,(H,20,23)(H,21,24). The molecule has 1 aromatic heterocycles. The van der Waals surface area contributed by atoms with E-state index in [2.05, 4.69) is 10.6 Å². The summed E-state index contributed by atoms with van der Waals surface area (Å²) in [6.07, 6.45) is 3.01. The zero-order valence-corrected chi connectivity index (χ0v) is 14.5. The van der Waals surface area contributed by atoms with E-state index in [1.165, 1.54) is 6.26 Å². The number of aliphatic hydroxyl groups is 1. The van der Waals surface area contributed by atoms with E-state index in [0.717, 1.165) is 12.8 Å². The van der Waals surface area contributed by atoms with Gasteiger partial charge in [-0.05, 0) is 49.2 Å². The van der Waals surface area contributed by atoms with Crippen molar-refractivity contribution >= 4 is 17.5 Å². The van der Waals surface area contributed by atoms with Gasteiger partial charge in [-0.3, -0.25) is 9.59 Å². The van der Waals surface area contributed by atoms with Crippen LogP contribution in [0.25, 0.3) is 0 Å². The number of carbonyl (C=O) groups is 2. The number of hydrogen-bond acceptors (Lipinski definition) is 4. The first-order chi connectivity index (χ1) is 12.0. The average molecular weight is 344 g/mol. The van der Waals surface area contributed by atoms with Crippen LogP contribution in [-0.4, -0.2) is 30.1 Å². The number of rotatable bonds is 8. The van der Waals surface area contributed by atoms with Crippen LogP contribution < -0.4 is 10.6 Å². The lowest BCUT2D eigenvalue weighted by molar-refractivity contribution is 0.0851. The molecule has 0 aliphatic heterocycles. The van der Waals surface area contributed by atoms with Crippen LogP contribution in [0, 0.1) is 5.41 Å². The maximum atomic E-state index is 12.3. The summed E-state index contributed by atoms with van der Waals surface area (Å²) in [4.78, 5) is 24.2. The first kappa shape index (κ1) is 18.7. The summed E-state index contributed by atoms with van der Waals surface area (Å²) in [5.74, 6) is -0.328. The third kappa shape index (κ3) is 4.70. The Kier molecular flexibility index (Phi) is 6.36. The van der Waals surface area contributed by atoms with E-state index in [1.807, 2.05) is 13.8 Å². The molecule has 0 atom stereocenters. The van der Waals surface area contributed by atoms with Gasteiger partial charge in [-0.2, -0.15) is 0 Å². The molecule has 0 saturated heterocycles. The lowest BCUT2D eigenvalue weighted by Gasteiger charge is -2.29. The smallest absolute Gasteiger partial charge is 0.291 e. The van der Waals surface area contributed by atoms with Crippen LogP contribution in [0.2, 0.25) is 0 Å². The number of nitrogens with one attached hydrogen (secondary N) is 2. The topological polar surface area (TPSA) is 91.6 Å². The van der Waals surface area contributed by atoms with E-state index in [-0.39, 0.29) is 29.6 Å². The van der Waals surface area contributed by atoms with Crippen molar-refractivity contribution in [2.75, 3.05) is 18.5 Å². The molecule has 0 spiro atoms. The van der Waals surface area contributed by atoms with Gasteiger partial charge in [0, 0.05) is 23.2 Å². The molecule has 3 N–H and O–H groups in total. The van der Waals surface area contributed by atoms with Crippen LogP contribution in [0.15, 0.2) is 47.1 Å².